The van der Waals surface area contributed by atoms with Gasteiger partial charge in [0.15, 0.2) is 0 Å². The Hall–Kier alpha value is -1.24. The summed E-state index contributed by atoms with van der Waals surface area (Å²) in [5.41, 5.74) is 11.0. The van der Waals surface area contributed by atoms with Gasteiger partial charge in [-0.1, -0.05) is 0 Å². The highest BCUT2D eigenvalue weighted by Crippen LogP contribution is 2.25. The maximum Gasteiger partial charge on any atom is 0.274 e. The summed E-state index contributed by atoms with van der Waals surface area (Å²) in [4.78, 5) is 10.1. The second-order valence-corrected chi connectivity index (χ2v) is 3.14. The molecule has 0 radical (unpaired) electrons. The molecular weight excluding hydrogens is 237 g/mol. The Kier molecular flexibility index (Phi) is 5.87. The van der Waals surface area contributed by atoms with Crippen LogP contribution in [-0.4, -0.2) is 11.5 Å². The number of nitro benzene ring substituents is 1. The van der Waals surface area contributed by atoms with E-state index in [0.29, 0.717) is 13.0 Å². The Morgan fingerprint density at radius 1 is 1.50 bits per heavy atom. The molecule has 1 atom stereocenters. The quantitative estimate of drug-likeness (QED) is 0.624. The van der Waals surface area contributed by atoms with Crippen molar-refractivity contribution in [2.24, 2.45) is 11.5 Å². The molecule has 0 spiro atoms. The second-order valence-electron chi connectivity index (χ2n) is 3.14. The van der Waals surface area contributed by atoms with Crippen LogP contribution in [0.3, 0.4) is 0 Å². The van der Waals surface area contributed by atoms with E-state index in [4.69, 9.17) is 11.5 Å². The summed E-state index contributed by atoms with van der Waals surface area (Å²) in [6, 6.07) is 2.63. The van der Waals surface area contributed by atoms with Crippen molar-refractivity contribution in [3.63, 3.8) is 0 Å². The standard InChI is InChI=1S/C9H12FN3O2.ClH/c10-6-1-2-9(13(14)15)7(5-6)8(12)3-4-11;/h1-2,5,8H,3-4,11-12H2;1H/t8-;/m1./s1. The minimum atomic E-state index is -0.605. The highest BCUT2D eigenvalue weighted by Gasteiger charge is 2.19. The molecule has 90 valence electrons. The summed E-state index contributed by atoms with van der Waals surface area (Å²) in [5, 5.41) is 10.6. The zero-order chi connectivity index (χ0) is 11.4. The van der Waals surface area contributed by atoms with Crippen LogP contribution in [0.15, 0.2) is 18.2 Å². The van der Waals surface area contributed by atoms with E-state index in [1.54, 1.807) is 0 Å². The fourth-order valence-corrected chi connectivity index (χ4v) is 1.32. The molecule has 0 unspecified atom stereocenters. The van der Waals surface area contributed by atoms with Gasteiger partial charge in [0.1, 0.15) is 5.82 Å². The van der Waals surface area contributed by atoms with Gasteiger partial charge in [-0.3, -0.25) is 10.1 Å². The minimum absolute atomic E-state index is 0. The summed E-state index contributed by atoms with van der Waals surface area (Å²) in [5.74, 6) is -0.539. The number of nitro groups is 1. The third-order valence-electron chi connectivity index (χ3n) is 2.06. The van der Waals surface area contributed by atoms with Gasteiger partial charge in [0.25, 0.3) is 5.69 Å². The number of hydrogen-bond donors (Lipinski definition) is 2. The van der Waals surface area contributed by atoms with E-state index < -0.39 is 16.8 Å². The van der Waals surface area contributed by atoms with Gasteiger partial charge in [0.05, 0.1) is 4.92 Å². The molecule has 0 aliphatic rings. The summed E-state index contributed by atoms with van der Waals surface area (Å²) < 4.78 is 12.9. The maximum absolute atomic E-state index is 12.9. The van der Waals surface area contributed by atoms with Crippen LogP contribution in [0.25, 0.3) is 0 Å². The molecule has 0 fully saturated rings. The second kappa shape index (κ2) is 6.37. The van der Waals surface area contributed by atoms with E-state index in [2.05, 4.69) is 0 Å². The number of nitrogens with two attached hydrogens (primary N) is 2. The average Bonchev–Trinajstić information content (AvgIpc) is 2.17. The Balaban J connectivity index is 0.00000225. The van der Waals surface area contributed by atoms with Crippen molar-refractivity contribution in [1.82, 2.24) is 0 Å². The van der Waals surface area contributed by atoms with Gasteiger partial charge in [-0.2, -0.15) is 0 Å². The lowest BCUT2D eigenvalue weighted by Gasteiger charge is -2.10. The van der Waals surface area contributed by atoms with Crippen molar-refractivity contribution in [2.45, 2.75) is 12.5 Å². The number of rotatable bonds is 4. The molecule has 0 saturated heterocycles. The lowest BCUT2D eigenvalue weighted by molar-refractivity contribution is -0.385. The summed E-state index contributed by atoms with van der Waals surface area (Å²) in [6.07, 6.45) is 0.379. The summed E-state index contributed by atoms with van der Waals surface area (Å²) in [6.45, 7) is 0.300. The van der Waals surface area contributed by atoms with Crippen LogP contribution in [0.5, 0.6) is 0 Å². The first-order valence-electron chi connectivity index (χ1n) is 4.45. The first kappa shape index (κ1) is 14.8. The molecule has 0 amide bonds. The van der Waals surface area contributed by atoms with Crippen molar-refractivity contribution in [1.29, 1.82) is 0 Å². The molecule has 5 nitrogen and oxygen atoms in total. The predicted octanol–water partition coefficient (Wildman–Crippen LogP) is 1.50. The molecule has 0 aromatic heterocycles. The van der Waals surface area contributed by atoms with Gasteiger partial charge in [0, 0.05) is 17.7 Å². The fraction of sp³-hybridized carbons (Fsp3) is 0.333. The van der Waals surface area contributed by atoms with E-state index in [9.17, 15) is 14.5 Å². The highest BCUT2D eigenvalue weighted by molar-refractivity contribution is 5.85. The molecule has 4 N–H and O–H groups in total. The Bertz CT molecular complexity index is 376. The van der Waals surface area contributed by atoms with E-state index in [0.717, 1.165) is 18.2 Å². The van der Waals surface area contributed by atoms with E-state index >= 15 is 0 Å². The van der Waals surface area contributed by atoms with Gasteiger partial charge in [-0.15, -0.1) is 12.4 Å². The van der Waals surface area contributed by atoms with Crippen LogP contribution < -0.4 is 11.5 Å². The van der Waals surface area contributed by atoms with Gasteiger partial charge in [-0.05, 0) is 25.1 Å². The SMILES string of the molecule is Cl.NCC[C@@H](N)c1cc(F)ccc1[N+](=O)[O-]. The van der Waals surface area contributed by atoms with Crippen molar-refractivity contribution >= 4 is 18.1 Å². The molecule has 1 aromatic rings. The topological polar surface area (TPSA) is 95.2 Å². The zero-order valence-corrected chi connectivity index (χ0v) is 9.24. The lowest BCUT2D eigenvalue weighted by atomic mass is 10.0. The molecule has 1 rings (SSSR count). The van der Waals surface area contributed by atoms with Crippen LogP contribution >= 0.6 is 12.4 Å². The fourth-order valence-electron chi connectivity index (χ4n) is 1.32. The molecule has 0 aliphatic carbocycles. The van der Waals surface area contributed by atoms with Crippen molar-refractivity contribution in [2.75, 3.05) is 6.54 Å². The zero-order valence-electron chi connectivity index (χ0n) is 8.43. The third-order valence-corrected chi connectivity index (χ3v) is 2.06. The first-order chi connectivity index (χ1) is 7.06. The van der Waals surface area contributed by atoms with Crippen LogP contribution in [0.4, 0.5) is 10.1 Å². The smallest absolute Gasteiger partial charge is 0.274 e. The molecule has 16 heavy (non-hydrogen) atoms. The van der Waals surface area contributed by atoms with Crippen molar-refractivity contribution in [3.8, 4) is 0 Å². The lowest BCUT2D eigenvalue weighted by Crippen LogP contribution is -2.16. The molecule has 0 aliphatic heterocycles. The largest absolute Gasteiger partial charge is 0.330 e. The van der Waals surface area contributed by atoms with Crippen LogP contribution in [-0.2, 0) is 0 Å². The van der Waals surface area contributed by atoms with Crippen LogP contribution in [0.1, 0.15) is 18.0 Å². The van der Waals surface area contributed by atoms with Gasteiger partial charge < -0.3 is 11.5 Å². The molecule has 0 bridgehead atoms. The molecule has 7 heteroatoms. The Morgan fingerprint density at radius 3 is 2.62 bits per heavy atom. The maximum atomic E-state index is 12.9. The predicted molar refractivity (Wildman–Crippen MR) is 60.9 cm³/mol. The van der Waals surface area contributed by atoms with Crippen molar-refractivity contribution < 1.29 is 9.31 Å². The van der Waals surface area contributed by atoms with Gasteiger partial charge in [0.2, 0.25) is 0 Å². The summed E-state index contributed by atoms with van der Waals surface area (Å²) in [7, 11) is 0. The number of benzene rings is 1. The highest BCUT2D eigenvalue weighted by atomic mass is 35.5. The molecule has 1 aromatic carbocycles. The first-order valence-corrected chi connectivity index (χ1v) is 4.45. The minimum Gasteiger partial charge on any atom is -0.330 e. The van der Waals surface area contributed by atoms with E-state index in [1.165, 1.54) is 0 Å². The van der Waals surface area contributed by atoms with Crippen LogP contribution in [0.2, 0.25) is 0 Å². The van der Waals surface area contributed by atoms with Gasteiger partial charge in [-0.25, -0.2) is 4.39 Å². The number of hydrogen-bond acceptors (Lipinski definition) is 4. The number of halogens is 2. The molecule has 0 heterocycles. The Labute approximate surface area is 98.2 Å². The summed E-state index contributed by atoms with van der Waals surface area (Å²) >= 11 is 0. The third kappa shape index (κ3) is 3.41. The van der Waals surface area contributed by atoms with E-state index in [1.807, 2.05) is 0 Å². The monoisotopic (exact) mass is 249 g/mol. The van der Waals surface area contributed by atoms with Crippen molar-refractivity contribution in [3.05, 3.63) is 39.7 Å². The van der Waals surface area contributed by atoms with Crippen LogP contribution in [0, 0.1) is 15.9 Å². The molecular formula is C9H13ClFN3O2. The number of nitrogens with zero attached hydrogens (tertiary/aromatic N) is 1. The van der Waals surface area contributed by atoms with Gasteiger partial charge >= 0.3 is 0 Å². The molecule has 0 saturated carbocycles. The van der Waals surface area contributed by atoms with E-state index in [-0.39, 0.29) is 23.7 Å². The normalized spacial score (nSPS) is 11.7. The average molecular weight is 250 g/mol. The Morgan fingerprint density at radius 2 is 2.12 bits per heavy atom.